The Labute approximate surface area is 207 Å². The number of likely N-dealkylation sites (tertiary alicyclic amines) is 1. The first-order valence-electron chi connectivity index (χ1n) is 12.8. The molecule has 1 aromatic carbocycles. The van der Waals surface area contributed by atoms with Gasteiger partial charge in [-0.05, 0) is 92.4 Å². The Kier molecular flexibility index (Phi) is 7.29. The monoisotopic (exact) mass is 470 g/mol. The van der Waals surface area contributed by atoms with Crippen molar-refractivity contribution in [1.29, 1.82) is 5.26 Å². The zero-order valence-electron chi connectivity index (χ0n) is 20.2. The Hall–Kier alpha value is -3.37. The van der Waals surface area contributed by atoms with Crippen LogP contribution in [0, 0.1) is 23.2 Å². The molecule has 2 aliphatic rings. The maximum Gasteiger partial charge on any atom is 0.223 e. The second-order valence-corrected chi connectivity index (χ2v) is 9.98. The third kappa shape index (κ3) is 5.83. The Morgan fingerprint density at radius 3 is 2.66 bits per heavy atom. The number of nitrogens with one attached hydrogen (secondary N) is 2. The lowest BCUT2D eigenvalue weighted by Crippen LogP contribution is -2.41. The highest BCUT2D eigenvalue weighted by Gasteiger charge is 2.26. The molecule has 4 heterocycles. The van der Waals surface area contributed by atoms with Crippen molar-refractivity contribution in [2.24, 2.45) is 11.8 Å². The van der Waals surface area contributed by atoms with Gasteiger partial charge in [0.2, 0.25) is 5.91 Å². The molecule has 0 bridgehead atoms. The van der Waals surface area contributed by atoms with Gasteiger partial charge in [0.05, 0.1) is 5.56 Å². The quantitative estimate of drug-likeness (QED) is 0.544. The number of hydrogen-bond acceptors (Lipinski definition) is 5. The van der Waals surface area contributed by atoms with E-state index in [9.17, 15) is 4.79 Å². The van der Waals surface area contributed by atoms with Gasteiger partial charge in [0.15, 0.2) is 0 Å². The van der Waals surface area contributed by atoms with Crippen LogP contribution in [0.25, 0.3) is 10.9 Å². The van der Waals surface area contributed by atoms with Gasteiger partial charge in [-0.2, -0.15) is 5.26 Å². The van der Waals surface area contributed by atoms with Crippen molar-refractivity contribution in [3.63, 3.8) is 0 Å². The summed E-state index contributed by atoms with van der Waals surface area (Å²) >= 11 is 0. The van der Waals surface area contributed by atoms with Gasteiger partial charge in [0, 0.05) is 50.0 Å². The smallest absolute Gasteiger partial charge is 0.223 e. The average molecular weight is 471 g/mol. The molecule has 5 rings (SSSR count). The van der Waals surface area contributed by atoms with Gasteiger partial charge in [0.1, 0.15) is 11.9 Å². The number of H-pyrrole nitrogens is 1. The van der Waals surface area contributed by atoms with E-state index in [1.54, 1.807) is 12.3 Å². The molecule has 2 aromatic heterocycles. The second kappa shape index (κ2) is 10.9. The number of anilines is 1. The fraction of sp³-hybridized carbons (Fsp3) is 0.464. The SMILES string of the molecule is N#Cc1ccc(N2CCC(C(=O)NCCC3CCN(Cc4ccc5[nH]ccc5c4)CC3)CC2)nc1. The first kappa shape index (κ1) is 23.4. The van der Waals surface area contributed by atoms with Crippen LogP contribution in [0.15, 0.2) is 48.8 Å². The van der Waals surface area contributed by atoms with Crippen molar-refractivity contribution >= 4 is 22.6 Å². The fourth-order valence-electron chi connectivity index (χ4n) is 5.45. The van der Waals surface area contributed by atoms with Crippen LogP contribution in [0.5, 0.6) is 0 Å². The summed E-state index contributed by atoms with van der Waals surface area (Å²) in [5.74, 6) is 1.88. The van der Waals surface area contributed by atoms with Crippen molar-refractivity contribution in [3.05, 3.63) is 59.9 Å². The number of rotatable bonds is 7. The Morgan fingerprint density at radius 1 is 1.09 bits per heavy atom. The molecule has 1 amide bonds. The molecule has 2 fully saturated rings. The number of nitriles is 1. The number of hydrogen-bond donors (Lipinski definition) is 2. The average Bonchev–Trinajstić information content (AvgIpc) is 3.38. The molecule has 35 heavy (non-hydrogen) atoms. The minimum absolute atomic E-state index is 0.0869. The maximum atomic E-state index is 12.7. The van der Waals surface area contributed by atoms with E-state index in [1.807, 2.05) is 12.3 Å². The Morgan fingerprint density at radius 2 is 1.91 bits per heavy atom. The summed E-state index contributed by atoms with van der Waals surface area (Å²) in [4.78, 5) is 25.1. The normalized spacial score (nSPS) is 18.0. The van der Waals surface area contributed by atoms with Crippen molar-refractivity contribution < 1.29 is 4.79 Å². The summed E-state index contributed by atoms with van der Waals surface area (Å²) in [7, 11) is 0. The Bertz CT molecular complexity index is 1160. The van der Waals surface area contributed by atoms with Crippen LogP contribution < -0.4 is 10.2 Å². The van der Waals surface area contributed by atoms with Crippen LogP contribution in [0.1, 0.15) is 43.2 Å². The van der Waals surface area contributed by atoms with Gasteiger partial charge in [-0.25, -0.2) is 4.98 Å². The van der Waals surface area contributed by atoms with Gasteiger partial charge >= 0.3 is 0 Å². The number of piperidine rings is 2. The molecular weight excluding hydrogens is 436 g/mol. The van der Waals surface area contributed by atoms with E-state index in [0.717, 1.165) is 64.3 Å². The third-order valence-corrected chi connectivity index (χ3v) is 7.65. The number of nitrogens with zero attached hydrogens (tertiary/aromatic N) is 4. The van der Waals surface area contributed by atoms with Crippen LogP contribution in [-0.2, 0) is 11.3 Å². The van der Waals surface area contributed by atoms with Gasteiger partial charge in [0.25, 0.3) is 0 Å². The highest BCUT2D eigenvalue weighted by Crippen LogP contribution is 2.24. The highest BCUT2D eigenvalue weighted by atomic mass is 16.1. The number of aromatic nitrogens is 2. The topological polar surface area (TPSA) is 88.0 Å². The molecule has 7 heteroatoms. The molecule has 0 atom stereocenters. The van der Waals surface area contributed by atoms with Crippen molar-refractivity contribution in [2.45, 2.75) is 38.6 Å². The minimum Gasteiger partial charge on any atom is -0.361 e. The number of benzene rings is 1. The van der Waals surface area contributed by atoms with Gasteiger partial charge in [-0.15, -0.1) is 0 Å². The molecule has 0 aliphatic carbocycles. The largest absolute Gasteiger partial charge is 0.361 e. The van der Waals surface area contributed by atoms with Crippen LogP contribution >= 0.6 is 0 Å². The summed E-state index contributed by atoms with van der Waals surface area (Å²) in [5, 5.41) is 13.4. The number of amides is 1. The summed E-state index contributed by atoms with van der Waals surface area (Å²) in [6.45, 7) is 5.71. The van der Waals surface area contributed by atoms with Crippen LogP contribution in [0.4, 0.5) is 5.82 Å². The third-order valence-electron chi connectivity index (χ3n) is 7.65. The minimum atomic E-state index is 0.0869. The Balaban J connectivity index is 0.986. The summed E-state index contributed by atoms with van der Waals surface area (Å²) in [6.07, 6.45) is 8.79. The van der Waals surface area contributed by atoms with E-state index < -0.39 is 0 Å². The van der Waals surface area contributed by atoms with E-state index in [1.165, 1.54) is 29.3 Å². The van der Waals surface area contributed by atoms with E-state index in [-0.39, 0.29) is 11.8 Å². The molecule has 3 aromatic rings. The second-order valence-electron chi connectivity index (χ2n) is 9.98. The molecule has 0 saturated carbocycles. The predicted molar refractivity (Wildman–Crippen MR) is 138 cm³/mol. The zero-order valence-corrected chi connectivity index (χ0v) is 20.2. The fourth-order valence-corrected chi connectivity index (χ4v) is 5.45. The van der Waals surface area contributed by atoms with Crippen LogP contribution in [0.3, 0.4) is 0 Å². The molecule has 0 radical (unpaired) electrons. The van der Waals surface area contributed by atoms with Crippen LogP contribution in [0.2, 0.25) is 0 Å². The zero-order chi connectivity index (χ0) is 24.0. The molecule has 0 unspecified atom stereocenters. The number of aromatic amines is 1. The lowest BCUT2D eigenvalue weighted by atomic mass is 9.92. The highest BCUT2D eigenvalue weighted by molar-refractivity contribution is 5.80. The van der Waals surface area contributed by atoms with E-state index in [2.05, 4.69) is 55.4 Å². The van der Waals surface area contributed by atoms with Crippen molar-refractivity contribution in [2.75, 3.05) is 37.6 Å². The first-order chi connectivity index (χ1) is 17.2. The van der Waals surface area contributed by atoms with Gasteiger partial charge in [-0.1, -0.05) is 6.07 Å². The van der Waals surface area contributed by atoms with E-state index in [0.29, 0.717) is 11.5 Å². The van der Waals surface area contributed by atoms with Crippen molar-refractivity contribution in [1.82, 2.24) is 20.2 Å². The lowest BCUT2D eigenvalue weighted by molar-refractivity contribution is -0.125. The van der Waals surface area contributed by atoms with Gasteiger partial charge in [-0.3, -0.25) is 9.69 Å². The van der Waals surface area contributed by atoms with E-state index >= 15 is 0 Å². The number of pyridine rings is 1. The molecule has 2 aliphatic heterocycles. The molecule has 7 nitrogen and oxygen atoms in total. The van der Waals surface area contributed by atoms with Crippen molar-refractivity contribution in [3.8, 4) is 6.07 Å². The predicted octanol–water partition coefficient (Wildman–Crippen LogP) is 4.07. The summed E-state index contributed by atoms with van der Waals surface area (Å²) < 4.78 is 0. The summed E-state index contributed by atoms with van der Waals surface area (Å²) in [5.41, 5.74) is 3.15. The first-order valence-corrected chi connectivity index (χ1v) is 12.8. The molecule has 182 valence electrons. The van der Waals surface area contributed by atoms with Crippen LogP contribution in [-0.4, -0.2) is 53.5 Å². The molecular formula is C28H34N6O. The maximum absolute atomic E-state index is 12.7. The summed E-state index contributed by atoms with van der Waals surface area (Å²) in [6, 6.07) is 14.6. The number of carbonyl (C=O) groups excluding carboxylic acids is 1. The number of carbonyl (C=O) groups is 1. The molecule has 2 N–H and O–H groups in total. The standard InChI is InChI=1S/C28H34N6O/c29-18-23-2-4-27(32-19-23)34-15-9-24(10-16-34)28(35)31-11-5-21-7-13-33(14-8-21)20-22-1-3-26-25(17-22)6-12-30-26/h1-4,6,12,17,19,21,24,30H,5,7-11,13-16,20H2,(H,31,35). The molecule has 2 saturated heterocycles. The molecule has 0 spiro atoms. The van der Waals surface area contributed by atoms with Gasteiger partial charge < -0.3 is 15.2 Å². The lowest BCUT2D eigenvalue weighted by Gasteiger charge is -2.33. The van der Waals surface area contributed by atoms with E-state index in [4.69, 9.17) is 5.26 Å². The number of fused-ring (bicyclic) bond motifs is 1.